The Balaban J connectivity index is 1.37. The number of benzene rings is 2. The minimum Gasteiger partial charge on any atom is -0.455 e. The normalized spacial score (nSPS) is 30.4. The molecule has 7 atom stereocenters. The average Bonchev–Trinajstić information content (AvgIpc) is 3.74. The lowest BCUT2D eigenvalue weighted by molar-refractivity contribution is -0.197. The van der Waals surface area contributed by atoms with Gasteiger partial charge in [-0.1, -0.05) is 116 Å². The van der Waals surface area contributed by atoms with Crippen molar-refractivity contribution in [3.8, 4) is 0 Å². The van der Waals surface area contributed by atoms with Crippen molar-refractivity contribution in [3.63, 3.8) is 0 Å². The fraction of sp³-hybridized carbons (Fsp3) is 0.611. The van der Waals surface area contributed by atoms with Crippen molar-refractivity contribution in [3.05, 3.63) is 60.7 Å². The molecule has 4 fully saturated rings. The summed E-state index contributed by atoms with van der Waals surface area (Å²) in [6, 6.07) is 19.7. The highest BCUT2D eigenvalue weighted by Gasteiger charge is 2.67. The van der Waals surface area contributed by atoms with Gasteiger partial charge in [-0.2, -0.15) is 0 Å². The van der Waals surface area contributed by atoms with Crippen molar-refractivity contribution >= 4 is 65.6 Å². The first-order valence-corrected chi connectivity index (χ1v) is 20.1. The van der Waals surface area contributed by atoms with Crippen molar-refractivity contribution in [2.45, 2.75) is 124 Å². The number of halogens is 3. The van der Waals surface area contributed by atoms with Crippen molar-refractivity contribution in [1.29, 1.82) is 0 Å². The molecule has 1 saturated carbocycles. The molecule has 1 aliphatic carbocycles. The molecule has 0 aromatic heterocycles. The van der Waals surface area contributed by atoms with Gasteiger partial charge in [0.25, 0.3) is 8.32 Å². The van der Waals surface area contributed by atoms with Gasteiger partial charge in [-0.3, -0.25) is 4.90 Å². The molecule has 4 aliphatic rings. The maximum absolute atomic E-state index is 14.0. The third kappa shape index (κ3) is 7.45. The SMILES string of the molecule is CC1(C)O[C@@H]2C(O[Si](c3ccccc3)(c3ccccc3)C(C)(C)C)[C@H]3OC(C)(C)O[C@H]3C(OC(=O)[C@H]3CCCN3C(=O)OCC(Cl)(Cl)Cl)[C@H]2O1. The molecule has 14 heteroatoms. The highest BCUT2D eigenvalue weighted by molar-refractivity contribution is 6.99. The number of hydrogen-bond donors (Lipinski definition) is 0. The number of ether oxygens (including phenoxy) is 6. The van der Waals surface area contributed by atoms with Crippen LogP contribution >= 0.6 is 34.8 Å². The number of esters is 1. The summed E-state index contributed by atoms with van der Waals surface area (Å²) in [5.41, 5.74) is 0. The molecule has 0 radical (unpaired) electrons. The standard InChI is InChI=1S/C36H46Cl3NO9Si/c1-33(2,3)50(22-15-10-8-11-16-22,23-17-12-9-13-18-23)49-30-28-26(45-34(4,5)47-28)25(27-29(30)48-35(6,7)46-27)44-31(41)24-19-14-20-40(24)32(42)43-21-36(37,38)39/h8-13,15-18,24-30H,14,19-21H2,1-7H3/t24-,25?,26-,27+,28+,29+,30?/m1/s1. The second kappa shape index (κ2) is 13.8. The molecule has 3 saturated heterocycles. The summed E-state index contributed by atoms with van der Waals surface area (Å²) < 4.78 is 43.8. The van der Waals surface area contributed by atoms with Gasteiger partial charge in [0.1, 0.15) is 43.2 Å². The van der Waals surface area contributed by atoms with E-state index in [1.807, 2.05) is 64.1 Å². The number of amides is 1. The van der Waals surface area contributed by atoms with Gasteiger partial charge < -0.3 is 32.8 Å². The summed E-state index contributed by atoms with van der Waals surface area (Å²) in [6.07, 6.45) is -4.38. The zero-order valence-electron chi connectivity index (χ0n) is 29.4. The van der Waals surface area contributed by atoms with E-state index in [2.05, 4.69) is 45.0 Å². The Hall–Kier alpha value is -1.93. The number of nitrogens with zero attached hydrogens (tertiary/aromatic N) is 1. The number of fused-ring (bicyclic) bond motifs is 2. The van der Waals surface area contributed by atoms with Crippen LogP contribution < -0.4 is 10.4 Å². The molecule has 3 aliphatic heterocycles. The quantitative estimate of drug-likeness (QED) is 0.195. The van der Waals surface area contributed by atoms with Crippen LogP contribution in [0.1, 0.15) is 61.3 Å². The van der Waals surface area contributed by atoms with Gasteiger partial charge in [-0.25, -0.2) is 9.59 Å². The van der Waals surface area contributed by atoms with Crippen molar-refractivity contribution < 1.29 is 42.4 Å². The predicted molar refractivity (Wildman–Crippen MR) is 191 cm³/mol. The monoisotopic (exact) mass is 769 g/mol. The van der Waals surface area contributed by atoms with Crippen LogP contribution in [0, 0.1) is 0 Å². The minimum absolute atomic E-state index is 0.287. The van der Waals surface area contributed by atoms with Gasteiger partial charge in [0, 0.05) is 6.54 Å². The van der Waals surface area contributed by atoms with Crippen molar-refractivity contribution in [1.82, 2.24) is 4.90 Å². The topological polar surface area (TPSA) is 102 Å². The molecule has 1 amide bonds. The molecular weight excluding hydrogens is 725 g/mol. The lowest BCUT2D eigenvalue weighted by atomic mass is 9.85. The van der Waals surface area contributed by atoms with Gasteiger partial charge in [-0.05, 0) is 55.9 Å². The molecule has 2 unspecified atom stereocenters. The number of hydrogen-bond acceptors (Lipinski definition) is 9. The molecule has 2 aromatic carbocycles. The van der Waals surface area contributed by atoms with Gasteiger partial charge in [0.15, 0.2) is 17.7 Å². The first kappa shape index (κ1) is 37.8. The fourth-order valence-corrected chi connectivity index (χ4v) is 12.7. The smallest absolute Gasteiger partial charge is 0.410 e. The Labute approximate surface area is 310 Å². The van der Waals surface area contributed by atoms with Gasteiger partial charge in [-0.15, -0.1) is 0 Å². The van der Waals surface area contributed by atoms with Crippen LogP contribution in [-0.2, 0) is 37.6 Å². The lowest BCUT2D eigenvalue weighted by Crippen LogP contribution is -2.72. The van der Waals surface area contributed by atoms with E-state index in [4.69, 9.17) is 67.7 Å². The van der Waals surface area contributed by atoms with E-state index in [0.717, 1.165) is 10.4 Å². The van der Waals surface area contributed by atoms with Crippen LogP contribution in [0.3, 0.4) is 0 Å². The minimum atomic E-state index is -3.13. The largest absolute Gasteiger partial charge is 0.455 e. The molecule has 274 valence electrons. The molecule has 6 rings (SSSR count). The number of alkyl halides is 3. The lowest BCUT2D eigenvalue weighted by Gasteiger charge is -2.50. The van der Waals surface area contributed by atoms with Crippen LogP contribution in [-0.4, -0.2) is 96.5 Å². The van der Waals surface area contributed by atoms with E-state index in [-0.39, 0.29) is 11.6 Å². The highest BCUT2D eigenvalue weighted by Crippen LogP contribution is 2.49. The Kier molecular flexibility index (Phi) is 10.4. The third-order valence-electron chi connectivity index (χ3n) is 9.72. The molecule has 0 bridgehead atoms. The Morgan fingerprint density at radius 3 is 1.70 bits per heavy atom. The Bertz CT molecular complexity index is 1460. The van der Waals surface area contributed by atoms with Gasteiger partial charge in [0.2, 0.25) is 3.79 Å². The van der Waals surface area contributed by atoms with E-state index >= 15 is 0 Å². The van der Waals surface area contributed by atoms with Gasteiger partial charge in [0.05, 0.1) is 0 Å². The van der Waals surface area contributed by atoms with E-state index in [0.29, 0.717) is 12.8 Å². The van der Waals surface area contributed by atoms with E-state index in [1.165, 1.54) is 4.90 Å². The summed E-state index contributed by atoms with van der Waals surface area (Å²) in [4.78, 5) is 28.2. The number of rotatable bonds is 7. The van der Waals surface area contributed by atoms with E-state index < -0.39 is 85.0 Å². The molecule has 0 N–H and O–H groups in total. The number of carbonyl (C=O) groups excluding carboxylic acids is 2. The molecule has 10 nitrogen and oxygen atoms in total. The van der Waals surface area contributed by atoms with Gasteiger partial charge >= 0.3 is 12.1 Å². The van der Waals surface area contributed by atoms with E-state index in [9.17, 15) is 9.59 Å². The molecule has 2 aromatic rings. The summed E-state index contributed by atoms with van der Waals surface area (Å²) in [5.74, 6) is -2.70. The van der Waals surface area contributed by atoms with Crippen LogP contribution in [0.5, 0.6) is 0 Å². The van der Waals surface area contributed by atoms with Crippen molar-refractivity contribution in [2.24, 2.45) is 0 Å². The first-order chi connectivity index (χ1) is 23.3. The zero-order valence-corrected chi connectivity index (χ0v) is 32.7. The Morgan fingerprint density at radius 1 is 0.800 bits per heavy atom. The zero-order chi connectivity index (χ0) is 36.3. The molecule has 50 heavy (non-hydrogen) atoms. The maximum Gasteiger partial charge on any atom is 0.410 e. The summed E-state index contributed by atoms with van der Waals surface area (Å²) in [7, 11) is -3.13. The summed E-state index contributed by atoms with van der Waals surface area (Å²) in [5, 5.41) is 1.85. The molecular formula is C36H46Cl3NO9Si. The summed E-state index contributed by atoms with van der Waals surface area (Å²) in [6.45, 7) is 13.7. The number of likely N-dealkylation sites (tertiary alicyclic amines) is 1. The number of carbonyl (C=O) groups is 2. The van der Waals surface area contributed by atoms with Crippen LogP contribution in [0.25, 0.3) is 0 Å². The van der Waals surface area contributed by atoms with Crippen molar-refractivity contribution in [2.75, 3.05) is 13.2 Å². The average molecular weight is 771 g/mol. The predicted octanol–water partition coefficient (Wildman–Crippen LogP) is 5.87. The molecule has 0 spiro atoms. The Morgan fingerprint density at radius 2 is 1.26 bits per heavy atom. The molecule has 3 heterocycles. The van der Waals surface area contributed by atoms with Crippen LogP contribution in [0.4, 0.5) is 4.79 Å². The maximum atomic E-state index is 14.0. The van der Waals surface area contributed by atoms with E-state index in [1.54, 1.807) is 0 Å². The highest BCUT2D eigenvalue weighted by atomic mass is 35.6. The second-order valence-corrected chi connectivity index (χ2v) is 22.1. The first-order valence-electron chi connectivity index (χ1n) is 17.0. The van der Waals surface area contributed by atoms with Crippen LogP contribution in [0.15, 0.2) is 60.7 Å². The van der Waals surface area contributed by atoms with Crippen LogP contribution in [0.2, 0.25) is 5.04 Å². The third-order valence-corrected chi connectivity index (χ3v) is 15.1. The summed E-state index contributed by atoms with van der Waals surface area (Å²) >= 11 is 17.4. The fourth-order valence-electron chi connectivity index (χ4n) is 7.86. The second-order valence-electron chi connectivity index (χ2n) is 15.3.